The third-order valence-corrected chi connectivity index (χ3v) is 4.09. The van der Waals surface area contributed by atoms with Gasteiger partial charge in [0, 0.05) is 5.69 Å². The summed E-state index contributed by atoms with van der Waals surface area (Å²) < 4.78 is 0. The first-order chi connectivity index (χ1) is 10.3. The molecule has 0 saturated heterocycles. The Morgan fingerprint density at radius 1 is 1.19 bits per heavy atom. The second-order valence-electron chi connectivity index (χ2n) is 4.53. The monoisotopic (exact) mass is 297 g/mol. The van der Waals surface area contributed by atoms with Gasteiger partial charge in [-0.1, -0.05) is 11.8 Å². The van der Waals surface area contributed by atoms with E-state index >= 15 is 0 Å². The average Bonchev–Trinajstić information content (AvgIpc) is 3.10. The third kappa shape index (κ3) is 2.19. The highest BCUT2D eigenvalue weighted by atomic mass is 32.2. The van der Waals surface area contributed by atoms with Gasteiger partial charge in [0.05, 0.1) is 23.1 Å². The number of fused-ring (bicyclic) bond motifs is 2. The van der Waals surface area contributed by atoms with Gasteiger partial charge in [-0.3, -0.25) is 0 Å². The minimum absolute atomic E-state index is 0.671. The van der Waals surface area contributed by atoms with Crippen molar-refractivity contribution in [3.63, 3.8) is 0 Å². The molecular formula is C13H11N7S. The molecule has 0 atom stereocenters. The lowest BCUT2D eigenvalue weighted by Crippen LogP contribution is -1.88. The van der Waals surface area contributed by atoms with Gasteiger partial charge in [0.15, 0.2) is 5.65 Å². The van der Waals surface area contributed by atoms with Crippen LogP contribution in [0.3, 0.4) is 0 Å². The van der Waals surface area contributed by atoms with E-state index in [4.69, 9.17) is 5.73 Å². The molecule has 0 spiro atoms. The molecule has 21 heavy (non-hydrogen) atoms. The van der Waals surface area contributed by atoms with Crippen molar-refractivity contribution in [2.75, 3.05) is 5.73 Å². The maximum Gasteiger partial charge on any atom is 0.181 e. The summed E-state index contributed by atoms with van der Waals surface area (Å²) in [5.74, 6) is 1.56. The molecule has 3 aromatic heterocycles. The molecule has 4 rings (SSSR count). The Labute approximate surface area is 123 Å². The van der Waals surface area contributed by atoms with Crippen LogP contribution in [-0.2, 0) is 5.75 Å². The minimum Gasteiger partial charge on any atom is -0.399 e. The van der Waals surface area contributed by atoms with Crippen LogP contribution in [-0.4, -0.2) is 29.9 Å². The Hall–Kier alpha value is -2.61. The number of benzene rings is 1. The van der Waals surface area contributed by atoms with Crippen LogP contribution in [0.5, 0.6) is 0 Å². The third-order valence-electron chi connectivity index (χ3n) is 3.09. The number of imidazole rings is 2. The molecule has 0 radical (unpaired) electrons. The van der Waals surface area contributed by atoms with Gasteiger partial charge in [-0.05, 0) is 18.2 Å². The number of aromatic nitrogens is 6. The number of nitrogens with zero attached hydrogens (tertiary/aromatic N) is 4. The van der Waals surface area contributed by atoms with Crippen molar-refractivity contribution in [1.82, 2.24) is 29.9 Å². The van der Waals surface area contributed by atoms with Gasteiger partial charge in [0.2, 0.25) is 0 Å². The summed E-state index contributed by atoms with van der Waals surface area (Å²) in [7, 11) is 0. The lowest BCUT2D eigenvalue weighted by Gasteiger charge is -1.98. The topological polar surface area (TPSA) is 109 Å². The Morgan fingerprint density at radius 2 is 2.14 bits per heavy atom. The van der Waals surface area contributed by atoms with E-state index in [1.165, 1.54) is 6.33 Å². The molecule has 4 N–H and O–H groups in total. The highest BCUT2D eigenvalue weighted by Crippen LogP contribution is 2.25. The van der Waals surface area contributed by atoms with Crippen LogP contribution in [0.1, 0.15) is 5.82 Å². The Bertz CT molecular complexity index is 926. The molecule has 7 nitrogen and oxygen atoms in total. The summed E-state index contributed by atoms with van der Waals surface area (Å²) >= 11 is 1.58. The van der Waals surface area contributed by atoms with Crippen LogP contribution in [0.4, 0.5) is 5.69 Å². The van der Waals surface area contributed by atoms with Crippen LogP contribution in [0.25, 0.3) is 22.2 Å². The molecule has 4 aromatic rings. The van der Waals surface area contributed by atoms with Crippen LogP contribution < -0.4 is 5.73 Å². The Kier molecular flexibility index (Phi) is 2.74. The lowest BCUT2D eigenvalue weighted by atomic mass is 10.3. The standard InChI is InChI=1S/C13H11N7S/c14-7-1-2-8-9(3-7)20-10(19-8)4-21-13-11-12(16-5-15-11)17-6-18-13/h1-3,5-6H,4,14H2,(H,19,20)(H,15,16,17,18). The maximum absolute atomic E-state index is 5.77. The quantitative estimate of drug-likeness (QED) is 0.303. The number of hydrogen-bond acceptors (Lipinski definition) is 6. The summed E-state index contributed by atoms with van der Waals surface area (Å²) in [6.45, 7) is 0. The van der Waals surface area contributed by atoms with Crippen molar-refractivity contribution >= 4 is 39.6 Å². The van der Waals surface area contributed by atoms with Gasteiger partial charge in [-0.2, -0.15) is 0 Å². The number of hydrogen-bond donors (Lipinski definition) is 3. The highest BCUT2D eigenvalue weighted by molar-refractivity contribution is 7.98. The lowest BCUT2D eigenvalue weighted by molar-refractivity contribution is 1.07. The van der Waals surface area contributed by atoms with Crippen LogP contribution >= 0.6 is 11.8 Å². The zero-order valence-corrected chi connectivity index (χ0v) is 11.7. The number of aromatic amines is 2. The fourth-order valence-corrected chi connectivity index (χ4v) is 2.96. The molecule has 0 fully saturated rings. The maximum atomic E-state index is 5.77. The van der Waals surface area contributed by atoms with E-state index in [0.29, 0.717) is 11.4 Å². The number of anilines is 1. The molecule has 1 aromatic carbocycles. The van der Waals surface area contributed by atoms with Crippen LogP contribution in [0.15, 0.2) is 35.9 Å². The van der Waals surface area contributed by atoms with E-state index in [1.54, 1.807) is 18.1 Å². The number of rotatable bonds is 3. The average molecular weight is 297 g/mol. The van der Waals surface area contributed by atoms with Crippen molar-refractivity contribution in [3.05, 3.63) is 36.7 Å². The van der Waals surface area contributed by atoms with Crippen molar-refractivity contribution in [2.45, 2.75) is 10.8 Å². The predicted molar refractivity (Wildman–Crippen MR) is 81.8 cm³/mol. The molecular weight excluding hydrogens is 286 g/mol. The molecule has 0 aliphatic heterocycles. The van der Waals surface area contributed by atoms with E-state index in [-0.39, 0.29) is 0 Å². The normalized spacial score (nSPS) is 11.4. The van der Waals surface area contributed by atoms with E-state index < -0.39 is 0 Å². The largest absolute Gasteiger partial charge is 0.399 e. The van der Waals surface area contributed by atoms with E-state index in [1.807, 2.05) is 18.2 Å². The van der Waals surface area contributed by atoms with Gasteiger partial charge in [0.1, 0.15) is 22.7 Å². The summed E-state index contributed by atoms with van der Waals surface area (Å²) in [5, 5.41) is 0.859. The van der Waals surface area contributed by atoms with Gasteiger partial charge in [0.25, 0.3) is 0 Å². The second kappa shape index (κ2) is 4.74. The second-order valence-corrected chi connectivity index (χ2v) is 5.49. The Morgan fingerprint density at radius 3 is 3.10 bits per heavy atom. The molecule has 0 amide bonds. The van der Waals surface area contributed by atoms with Gasteiger partial charge < -0.3 is 15.7 Å². The summed E-state index contributed by atoms with van der Waals surface area (Å²) in [6.07, 6.45) is 3.14. The predicted octanol–water partition coefficient (Wildman–Crippen LogP) is 2.10. The van der Waals surface area contributed by atoms with Crippen molar-refractivity contribution in [1.29, 1.82) is 0 Å². The zero-order chi connectivity index (χ0) is 14.2. The van der Waals surface area contributed by atoms with Crippen molar-refractivity contribution in [3.8, 4) is 0 Å². The summed E-state index contributed by atoms with van der Waals surface area (Å²) in [5.41, 5.74) is 9.87. The molecule has 0 saturated carbocycles. The van der Waals surface area contributed by atoms with E-state index in [0.717, 1.165) is 33.1 Å². The highest BCUT2D eigenvalue weighted by Gasteiger charge is 2.09. The SMILES string of the molecule is Nc1ccc2nc(CSc3ncnc4nc[nH]c34)[nH]c2c1. The molecule has 3 heterocycles. The van der Waals surface area contributed by atoms with Gasteiger partial charge in [-0.15, -0.1) is 0 Å². The van der Waals surface area contributed by atoms with Crippen molar-refractivity contribution in [2.24, 2.45) is 0 Å². The molecule has 104 valence electrons. The van der Waals surface area contributed by atoms with Crippen LogP contribution in [0.2, 0.25) is 0 Å². The fraction of sp³-hybridized carbons (Fsp3) is 0.0769. The first kappa shape index (κ1) is 12.2. The number of H-pyrrole nitrogens is 2. The van der Waals surface area contributed by atoms with Gasteiger partial charge in [-0.25, -0.2) is 19.9 Å². The molecule has 0 aliphatic carbocycles. The van der Waals surface area contributed by atoms with Crippen LogP contribution in [0, 0.1) is 0 Å². The summed E-state index contributed by atoms with van der Waals surface area (Å²) in [6, 6.07) is 5.64. The summed E-state index contributed by atoms with van der Waals surface area (Å²) in [4.78, 5) is 23.4. The molecule has 8 heteroatoms. The van der Waals surface area contributed by atoms with Crippen molar-refractivity contribution < 1.29 is 0 Å². The van der Waals surface area contributed by atoms with E-state index in [2.05, 4.69) is 29.9 Å². The first-order valence-corrected chi connectivity index (χ1v) is 7.29. The smallest absolute Gasteiger partial charge is 0.181 e. The Balaban J connectivity index is 1.61. The number of nitrogen functional groups attached to an aromatic ring is 1. The number of nitrogens with one attached hydrogen (secondary N) is 2. The minimum atomic E-state index is 0.671. The number of thioether (sulfide) groups is 1. The van der Waals surface area contributed by atoms with E-state index in [9.17, 15) is 0 Å². The molecule has 0 aliphatic rings. The van der Waals surface area contributed by atoms with Gasteiger partial charge >= 0.3 is 0 Å². The first-order valence-electron chi connectivity index (χ1n) is 6.30. The molecule has 0 unspecified atom stereocenters. The molecule has 0 bridgehead atoms. The number of nitrogens with two attached hydrogens (primary N) is 1. The fourth-order valence-electron chi connectivity index (χ4n) is 2.14. The zero-order valence-electron chi connectivity index (χ0n) is 10.9.